The minimum Gasteiger partial charge on any atom is -0.438 e. The molecule has 0 radical (unpaired) electrons. The van der Waals surface area contributed by atoms with E-state index in [-0.39, 0.29) is 11.9 Å². The molecule has 0 aromatic carbocycles. The first-order chi connectivity index (χ1) is 8.22. The van der Waals surface area contributed by atoms with Crippen molar-refractivity contribution < 1.29 is 9.21 Å². The Hall–Kier alpha value is -0.840. The van der Waals surface area contributed by atoms with E-state index in [9.17, 15) is 4.79 Å². The Bertz CT molecular complexity index is 392. The fourth-order valence-electron chi connectivity index (χ4n) is 2.34. The molecule has 2 atom stereocenters. The molecule has 1 saturated carbocycles. The second-order valence-corrected chi connectivity index (χ2v) is 5.19. The van der Waals surface area contributed by atoms with Crippen LogP contribution in [0.2, 0.25) is 0 Å². The van der Waals surface area contributed by atoms with Crippen molar-refractivity contribution in [1.29, 1.82) is 0 Å². The topological polar surface area (TPSA) is 55.1 Å². The molecule has 4 nitrogen and oxygen atoms in total. The predicted octanol–water partition coefficient (Wildman–Crippen LogP) is 2.67. The van der Waals surface area contributed by atoms with E-state index in [1.807, 2.05) is 0 Å². The molecule has 1 aromatic heterocycles. The van der Waals surface area contributed by atoms with Gasteiger partial charge in [0.1, 0.15) is 0 Å². The number of aromatic nitrogens is 1. The fourth-order valence-corrected chi connectivity index (χ4v) is 3.11. The van der Waals surface area contributed by atoms with Crippen LogP contribution in [0.3, 0.4) is 0 Å². The van der Waals surface area contributed by atoms with Gasteiger partial charge in [0.2, 0.25) is 5.76 Å². The molecule has 1 N–H and O–H groups in total. The molecule has 1 aliphatic rings. The van der Waals surface area contributed by atoms with Crippen LogP contribution in [0.25, 0.3) is 0 Å². The maximum atomic E-state index is 12.0. The molecular weight excluding hydrogens is 284 g/mol. The molecule has 1 amide bonds. The van der Waals surface area contributed by atoms with Gasteiger partial charge in [0.15, 0.2) is 6.39 Å². The van der Waals surface area contributed by atoms with E-state index in [1.165, 1.54) is 25.7 Å². The number of nitrogens with zero attached hydrogens (tertiary/aromatic N) is 1. The van der Waals surface area contributed by atoms with Gasteiger partial charge in [-0.2, -0.15) is 0 Å². The summed E-state index contributed by atoms with van der Waals surface area (Å²) < 4.78 is 5.10. The molecule has 0 spiro atoms. The van der Waals surface area contributed by atoms with Crippen molar-refractivity contribution in [3.8, 4) is 0 Å². The number of alkyl halides is 1. The standard InChI is InChI=1S/C12H17BrN2O2/c1-8-11(17-7-14-8)12(16)15-10-5-3-2-4-9(10)6-13/h7,9-10H,2-6H2,1H3,(H,15,16). The van der Waals surface area contributed by atoms with E-state index in [2.05, 4.69) is 26.2 Å². The Morgan fingerprint density at radius 1 is 1.59 bits per heavy atom. The molecule has 1 fully saturated rings. The maximum absolute atomic E-state index is 12.0. The van der Waals surface area contributed by atoms with Gasteiger partial charge >= 0.3 is 0 Å². The average Bonchev–Trinajstić information content (AvgIpc) is 2.76. The third-order valence-corrected chi connectivity index (χ3v) is 4.21. The summed E-state index contributed by atoms with van der Waals surface area (Å²) in [4.78, 5) is 15.9. The van der Waals surface area contributed by atoms with Gasteiger partial charge in [-0.05, 0) is 25.7 Å². The third kappa shape index (κ3) is 2.89. The van der Waals surface area contributed by atoms with E-state index in [0.717, 1.165) is 11.8 Å². The molecular formula is C12H17BrN2O2. The van der Waals surface area contributed by atoms with Gasteiger partial charge in [0.05, 0.1) is 5.69 Å². The van der Waals surface area contributed by atoms with E-state index in [0.29, 0.717) is 17.4 Å². The number of oxazole rings is 1. The molecule has 2 rings (SSSR count). The number of carbonyl (C=O) groups is 1. The van der Waals surface area contributed by atoms with Crippen molar-refractivity contribution in [3.05, 3.63) is 17.8 Å². The minimum atomic E-state index is -0.141. The van der Waals surface area contributed by atoms with Crippen molar-refractivity contribution in [2.75, 3.05) is 5.33 Å². The number of amides is 1. The fraction of sp³-hybridized carbons (Fsp3) is 0.667. The number of rotatable bonds is 3. The lowest BCUT2D eigenvalue weighted by Gasteiger charge is -2.30. The van der Waals surface area contributed by atoms with Gasteiger partial charge in [-0.25, -0.2) is 4.98 Å². The largest absolute Gasteiger partial charge is 0.438 e. The lowest BCUT2D eigenvalue weighted by atomic mass is 9.86. The Morgan fingerprint density at radius 2 is 2.35 bits per heavy atom. The van der Waals surface area contributed by atoms with Crippen LogP contribution in [0, 0.1) is 12.8 Å². The second-order valence-electron chi connectivity index (χ2n) is 4.55. The van der Waals surface area contributed by atoms with Gasteiger partial charge in [-0.1, -0.05) is 28.8 Å². The van der Waals surface area contributed by atoms with Gasteiger partial charge in [0.25, 0.3) is 5.91 Å². The van der Waals surface area contributed by atoms with Crippen LogP contribution >= 0.6 is 15.9 Å². The number of hydrogen-bond acceptors (Lipinski definition) is 3. The Balaban J connectivity index is 2.00. The average molecular weight is 301 g/mol. The highest BCUT2D eigenvalue weighted by molar-refractivity contribution is 9.09. The normalized spacial score (nSPS) is 24.6. The third-order valence-electron chi connectivity index (χ3n) is 3.38. The molecule has 1 aromatic rings. The highest BCUT2D eigenvalue weighted by Gasteiger charge is 2.27. The lowest BCUT2D eigenvalue weighted by molar-refractivity contribution is 0.0882. The van der Waals surface area contributed by atoms with E-state index in [4.69, 9.17) is 4.42 Å². The number of hydrogen-bond donors (Lipinski definition) is 1. The summed E-state index contributed by atoms with van der Waals surface area (Å²) in [5, 5.41) is 4.00. The first-order valence-electron chi connectivity index (χ1n) is 5.99. The van der Waals surface area contributed by atoms with Crippen LogP contribution in [0.1, 0.15) is 41.9 Å². The van der Waals surface area contributed by atoms with Crippen molar-refractivity contribution in [1.82, 2.24) is 10.3 Å². The summed E-state index contributed by atoms with van der Waals surface area (Å²) >= 11 is 3.52. The SMILES string of the molecule is Cc1ncoc1C(=O)NC1CCCCC1CBr. The van der Waals surface area contributed by atoms with Crippen LogP contribution in [0.4, 0.5) is 0 Å². The molecule has 17 heavy (non-hydrogen) atoms. The minimum absolute atomic E-state index is 0.141. The molecule has 0 aliphatic heterocycles. The van der Waals surface area contributed by atoms with Crippen LogP contribution in [0.15, 0.2) is 10.8 Å². The zero-order valence-electron chi connectivity index (χ0n) is 9.91. The molecule has 1 aliphatic carbocycles. The van der Waals surface area contributed by atoms with Crippen LogP contribution in [-0.4, -0.2) is 22.3 Å². The summed E-state index contributed by atoms with van der Waals surface area (Å²) in [5.41, 5.74) is 0.647. The first-order valence-corrected chi connectivity index (χ1v) is 7.11. The van der Waals surface area contributed by atoms with E-state index >= 15 is 0 Å². The van der Waals surface area contributed by atoms with Gasteiger partial charge in [0, 0.05) is 11.4 Å². The monoisotopic (exact) mass is 300 g/mol. The summed E-state index contributed by atoms with van der Waals surface area (Å²) in [6.45, 7) is 1.78. The Kier molecular flexibility index (Phi) is 4.20. The number of aryl methyl sites for hydroxylation is 1. The zero-order chi connectivity index (χ0) is 12.3. The highest BCUT2D eigenvalue weighted by Crippen LogP contribution is 2.26. The van der Waals surface area contributed by atoms with E-state index < -0.39 is 0 Å². The van der Waals surface area contributed by atoms with Gasteiger partial charge in [-0.15, -0.1) is 0 Å². The quantitative estimate of drug-likeness (QED) is 0.873. The number of halogens is 1. The maximum Gasteiger partial charge on any atom is 0.289 e. The zero-order valence-corrected chi connectivity index (χ0v) is 11.5. The molecule has 0 bridgehead atoms. The summed E-state index contributed by atoms with van der Waals surface area (Å²) in [5.74, 6) is 0.720. The smallest absolute Gasteiger partial charge is 0.289 e. The van der Waals surface area contributed by atoms with Crippen molar-refractivity contribution in [3.63, 3.8) is 0 Å². The van der Waals surface area contributed by atoms with Gasteiger partial charge < -0.3 is 9.73 Å². The van der Waals surface area contributed by atoms with Gasteiger partial charge in [-0.3, -0.25) is 4.79 Å². The summed E-state index contributed by atoms with van der Waals surface area (Å²) in [6, 6.07) is 0.250. The van der Waals surface area contributed by atoms with Crippen molar-refractivity contribution >= 4 is 21.8 Å². The van der Waals surface area contributed by atoms with Crippen LogP contribution in [-0.2, 0) is 0 Å². The lowest BCUT2D eigenvalue weighted by Crippen LogP contribution is -2.42. The van der Waals surface area contributed by atoms with Crippen LogP contribution in [0.5, 0.6) is 0 Å². The first kappa shape index (κ1) is 12.6. The highest BCUT2D eigenvalue weighted by atomic mass is 79.9. The Labute approximate surface area is 109 Å². The molecule has 2 unspecified atom stereocenters. The summed E-state index contributed by atoms with van der Waals surface area (Å²) in [7, 11) is 0. The number of nitrogens with one attached hydrogen (secondary N) is 1. The second kappa shape index (κ2) is 5.67. The molecule has 5 heteroatoms. The molecule has 1 heterocycles. The number of carbonyl (C=O) groups excluding carboxylic acids is 1. The molecule has 94 valence electrons. The molecule has 0 saturated heterocycles. The van der Waals surface area contributed by atoms with E-state index in [1.54, 1.807) is 6.92 Å². The predicted molar refractivity (Wildman–Crippen MR) is 68.2 cm³/mol. The van der Waals surface area contributed by atoms with Crippen LogP contribution < -0.4 is 5.32 Å². The van der Waals surface area contributed by atoms with Crippen molar-refractivity contribution in [2.24, 2.45) is 5.92 Å². The van der Waals surface area contributed by atoms with Crippen molar-refractivity contribution in [2.45, 2.75) is 38.6 Å². The summed E-state index contributed by atoms with van der Waals surface area (Å²) in [6.07, 6.45) is 5.97. The Morgan fingerprint density at radius 3 is 3.00 bits per heavy atom.